The highest BCUT2D eigenvalue weighted by atomic mass is 16.6. The molecule has 0 saturated heterocycles. The second-order valence-corrected chi connectivity index (χ2v) is 4.36. The Morgan fingerprint density at radius 2 is 1.68 bits per heavy atom. The van der Waals surface area contributed by atoms with Gasteiger partial charge in [0.25, 0.3) is 0 Å². The third-order valence-corrected chi connectivity index (χ3v) is 3.08. The van der Waals surface area contributed by atoms with Gasteiger partial charge in [-0.2, -0.15) is 0 Å². The predicted octanol–water partition coefficient (Wildman–Crippen LogP) is 2.26. The maximum absolute atomic E-state index is 5.61. The summed E-state index contributed by atoms with van der Waals surface area (Å²) in [5, 5.41) is 2.90. The van der Waals surface area contributed by atoms with Crippen molar-refractivity contribution >= 4 is 5.95 Å². The lowest BCUT2D eigenvalue weighted by molar-refractivity contribution is 0.171. The van der Waals surface area contributed by atoms with Gasteiger partial charge in [0.05, 0.1) is 0 Å². The number of benzene rings is 1. The normalized spacial score (nSPS) is 13.2. The van der Waals surface area contributed by atoms with Gasteiger partial charge in [0.1, 0.15) is 13.2 Å². The molecule has 0 fully saturated rings. The van der Waals surface area contributed by atoms with Crippen LogP contribution < -0.4 is 14.8 Å². The molecule has 2 aromatic rings. The van der Waals surface area contributed by atoms with E-state index in [0.29, 0.717) is 19.2 Å². The van der Waals surface area contributed by atoms with E-state index in [0.717, 1.165) is 28.2 Å². The quantitative estimate of drug-likeness (QED) is 0.894. The number of ether oxygens (including phenoxy) is 2. The molecule has 98 valence electrons. The van der Waals surface area contributed by atoms with Gasteiger partial charge in [-0.15, -0.1) is 0 Å². The molecule has 5 heteroatoms. The molecule has 0 unspecified atom stereocenters. The molecule has 5 nitrogen and oxygen atoms in total. The highest BCUT2D eigenvalue weighted by molar-refractivity contribution is 5.70. The number of aromatic nitrogens is 2. The Labute approximate surface area is 111 Å². The van der Waals surface area contributed by atoms with Crippen LogP contribution >= 0.6 is 0 Å². The first-order valence-corrected chi connectivity index (χ1v) is 6.18. The molecule has 0 amide bonds. The van der Waals surface area contributed by atoms with E-state index in [-0.39, 0.29) is 0 Å². The maximum Gasteiger partial charge on any atom is 0.222 e. The molecular formula is C14H15N3O2. The number of nitrogens with zero attached hydrogens (tertiary/aromatic N) is 2. The van der Waals surface area contributed by atoms with Crippen molar-refractivity contribution in [3.05, 3.63) is 30.1 Å². The van der Waals surface area contributed by atoms with Gasteiger partial charge in [-0.3, -0.25) is 0 Å². The molecule has 0 spiro atoms. The topological polar surface area (TPSA) is 56.3 Å². The number of rotatable bonds is 2. The fraction of sp³-hybridized carbons (Fsp3) is 0.286. The first kappa shape index (κ1) is 11.8. The number of hydrogen-bond donors (Lipinski definition) is 1. The summed E-state index contributed by atoms with van der Waals surface area (Å²) in [6.45, 7) is 3.23. The molecule has 0 saturated carbocycles. The maximum atomic E-state index is 5.61. The van der Waals surface area contributed by atoms with E-state index < -0.39 is 0 Å². The smallest absolute Gasteiger partial charge is 0.222 e. The van der Waals surface area contributed by atoms with E-state index >= 15 is 0 Å². The summed E-state index contributed by atoms with van der Waals surface area (Å²) in [4.78, 5) is 8.46. The lowest BCUT2D eigenvalue weighted by Gasteiger charge is -2.20. The molecule has 0 aliphatic carbocycles. The van der Waals surface area contributed by atoms with Crippen LogP contribution in [-0.2, 0) is 0 Å². The Balaban J connectivity index is 2.03. The van der Waals surface area contributed by atoms with Crippen molar-refractivity contribution in [2.24, 2.45) is 0 Å². The fourth-order valence-corrected chi connectivity index (χ4v) is 2.10. The van der Waals surface area contributed by atoms with Gasteiger partial charge in [0.2, 0.25) is 5.95 Å². The Kier molecular flexibility index (Phi) is 2.95. The van der Waals surface area contributed by atoms with Crippen LogP contribution in [0.2, 0.25) is 0 Å². The monoisotopic (exact) mass is 257 g/mol. The molecule has 1 N–H and O–H groups in total. The number of aryl methyl sites for hydroxylation is 1. The van der Waals surface area contributed by atoms with Crippen molar-refractivity contribution in [3.8, 4) is 22.6 Å². The molecule has 1 aliphatic rings. The highest BCUT2D eigenvalue weighted by Crippen LogP contribution is 2.36. The van der Waals surface area contributed by atoms with Crippen LogP contribution in [0.5, 0.6) is 11.5 Å². The van der Waals surface area contributed by atoms with E-state index in [1.54, 1.807) is 19.4 Å². The van der Waals surface area contributed by atoms with Gasteiger partial charge in [-0.1, -0.05) is 0 Å². The summed E-state index contributed by atoms with van der Waals surface area (Å²) in [5.74, 6) is 2.20. The first-order chi connectivity index (χ1) is 9.28. The SMILES string of the molecule is CNc1ncc(-c2cc3c(cc2C)OCCO3)cn1. The van der Waals surface area contributed by atoms with Crippen LogP contribution in [0, 0.1) is 6.92 Å². The lowest BCUT2D eigenvalue weighted by Crippen LogP contribution is -2.15. The number of hydrogen-bond acceptors (Lipinski definition) is 5. The minimum Gasteiger partial charge on any atom is -0.486 e. The number of anilines is 1. The van der Waals surface area contributed by atoms with Crippen LogP contribution in [0.3, 0.4) is 0 Å². The zero-order valence-corrected chi connectivity index (χ0v) is 10.9. The van der Waals surface area contributed by atoms with E-state index in [9.17, 15) is 0 Å². The molecule has 0 radical (unpaired) electrons. The van der Waals surface area contributed by atoms with Gasteiger partial charge >= 0.3 is 0 Å². The van der Waals surface area contributed by atoms with Crippen molar-refractivity contribution in [1.82, 2.24) is 9.97 Å². The minimum atomic E-state index is 0.588. The van der Waals surface area contributed by atoms with Crippen molar-refractivity contribution in [1.29, 1.82) is 0 Å². The Hall–Kier alpha value is -2.30. The standard InChI is InChI=1S/C14H15N3O2/c1-9-5-12-13(19-4-3-18-12)6-11(9)10-7-16-14(15-2)17-8-10/h5-8H,3-4H2,1-2H3,(H,15,16,17). The van der Waals surface area contributed by atoms with Crippen molar-refractivity contribution < 1.29 is 9.47 Å². The Morgan fingerprint density at radius 1 is 1.05 bits per heavy atom. The summed E-state index contributed by atoms with van der Waals surface area (Å²) in [6, 6.07) is 3.98. The molecule has 1 aromatic carbocycles. The zero-order chi connectivity index (χ0) is 13.2. The average Bonchev–Trinajstić information content (AvgIpc) is 2.47. The van der Waals surface area contributed by atoms with E-state index in [1.807, 2.05) is 19.1 Å². The second-order valence-electron chi connectivity index (χ2n) is 4.36. The van der Waals surface area contributed by atoms with Crippen LogP contribution in [0.4, 0.5) is 5.95 Å². The van der Waals surface area contributed by atoms with Gasteiger partial charge < -0.3 is 14.8 Å². The van der Waals surface area contributed by atoms with Crippen LogP contribution in [0.25, 0.3) is 11.1 Å². The summed E-state index contributed by atoms with van der Waals surface area (Å²) in [7, 11) is 1.80. The zero-order valence-electron chi connectivity index (χ0n) is 10.9. The second kappa shape index (κ2) is 4.76. The van der Waals surface area contributed by atoms with Gasteiger partial charge in [0.15, 0.2) is 11.5 Å². The molecule has 1 aliphatic heterocycles. The highest BCUT2D eigenvalue weighted by Gasteiger charge is 2.15. The van der Waals surface area contributed by atoms with E-state index in [2.05, 4.69) is 15.3 Å². The summed E-state index contributed by atoms with van der Waals surface area (Å²) in [6.07, 6.45) is 3.61. The number of fused-ring (bicyclic) bond motifs is 1. The molecule has 3 rings (SSSR count). The minimum absolute atomic E-state index is 0.588. The summed E-state index contributed by atoms with van der Waals surface area (Å²) >= 11 is 0. The Bertz CT molecular complexity index is 596. The van der Waals surface area contributed by atoms with Crippen molar-refractivity contribution in [2.45, 2.75) is 6.92 Å². The largest absolute Gasteiger partial charge is 0.486 e. The average molecular weight is 257 g/mol. The van der Waals surface area contributed by atoms with Gasteiger partial charge in [-0.25, -0.2) is 9.97 Å². The third-order valence-electron chi connectivity index (χ3n) is 3.08. The van der Waals surface area contributed by atoms with Gasteiger partial charge in [-0.05, 0) is 30.2 Å². The van der Waals surface area contributed by atoms with E-state index in [1.165, 1.54) is 0 Å². The lowest BCUT2D eigenvalue weighted by atomic mass is 10.0. The van der Waals surface area contributed by atoms with Crippen molar-refractivity contribution in [2.75, 3.05) is 25.6 Å². The van der Waals surface area contributed by atoms with Crippen LogP contribution in [0.15, 0.2) is 24.5 Å². The van der Waals surface area contributed by atoms with Crippen molar-refractivity contribution in [3.63, 3.8) is 0 Å². The first-order valence-electron chi connectivity index (χ1n) is 6.18. The van der Waals surface area contributed by atoms with Crippen LogP contribution in [0.1, 0.15) is 5.56 Å². The molecular weight excluding hydrogens is 242 g/mol. The third kappa shape index (κ3) is 2.19. The summed E-state index contributed by atoms with van der Waals surface area (Å²) < 4.78 is 11.2. The predicted molar refractivity (Wildman–Crippen MR) is 72.7 cm³/mol. The van der Waals surface area contributed by atoms with E-state index in [4.69, 9.17) is 9.47 Å². The Morgan fingerprint density at radius 3 is 2.32 bits per heavy atom. The molecule has 0 bridgehead atoms. The number of nitrogens with one attached hydrogen (secondary N) is 1. The molecule has 19 heavy (non-hydrogen) atoms. The fourth-order valence-electron chi connectivity index (χ4n) is 2.10. The van der Waals surface area contributed by atoms with Gasteiger partial charge in [0, 0.05) is 25.0 Å². The van der Waals surface area contributed by atoms with Crippen LogP contribution in [-0.4, -0.2) is 30.2 Å². The summed E-state index contributed by atoms with van der Waals surface area (Å²) in [5.41, 5.74) is 3.14. The molecule has 2 heterocycles. The molecule has 1 aromatic heterocycles. The molecule has 0 atom stereocenters.